The van der Waals surface area contributed by atoms with Gasteiger partial charge in [0.1, 0.15) is 6.04 Å². The Bertz CT molecular complexity index is 434. The summed E-state index contributed by atoms with van der Waals surface area (Å²) in [5.41, 5.74) is 0. The molecule has 0 aromatic carbocycles. The lowest BCUT2D eigenvalue weighted by atomic mass is 10.0. The van der Waals surface area contributed by atoms with E-state index in [1.54, 1.807) is 0 Å². The molecule has 1 unspecified atom stereocenters. The molecule has 9 heteroatoms. The van der Waals surface area contributed by atoms with Gasteiger partial charge in [-0.1, -0.05) is 13.8 Å². The molecule has 0 saturated heterocycles. The lowest BCUT2D eigenvalue weighted by Crippen LogP contribution is -2.47. The van der Waals surface area contributed by atoms with Crippen LogP contribution in [0.4, 0.5) is 0 Å². The number of nitrogens with one attached hydrogen (secondary N) is 2. The Morgan fingerprint density at radius 2 is 1.80 bits per heavy atom. The zero-order valence-corrected chi connectivity index (χ0v) is 12.6. The van der Waals surface area contributed by atoms with E-state index in [0.717, 1.165) is 6.26 Å². The minimum absolute atomic E-state index is 0.0493. The number of carboxylic acids is 1. The molecule has 2 atom stereocenters. The van der Waals surface area contributed by atoms with Gasteiger partial charge in [0.05, 0.1) is 6.26 Å². The van der Waals surface area contributed by atoms with Gasteiger partial charge in [-0.05, 0) is 12.3 Å². The first-order valence-corrected chi connectivity index (χ1v) is 8.08. The average molecular weight is 310 g/mol. The van der Waals surface area contributed by atoms with E-state index in [4.69, 9.17) is 10.2 Å². The number of carboxylic acid groups (broad SMARTS) is 1. The normalized spacial score (nSPS) is 14.8. The molecule has 0 heterocycles. The zero-order chi connectivity index (χ0) is 15.9. The van der Waals surface area contributed by atoms with E-state index in [1.165, 1.54) is 0 Å². The van der Waals surface area contributed by atoms with E-state index in [9.17, 15) is 18.0 Å². The summed E-state index contributed by atoms with van der Waals surface area (Å²) in [7, 11) is -3.52. The highest BCUT2D eigenvalue weighted by Gasteiger charge is 2.23. The zero-order valence-electron chi connectivity index (χ0n) is 11.8. The van der Waals surface area contributed by atoms with Crippen LogP contribution in [-0.2, 0) is 19.6 Å². The molecule has 0 aromatic heterocycles. The molecule has 4 N–H and O–H groups in total. The fourth-order valence-corrected chi connectivity index (χ4v) is 2.24. The van der Waals surface area contributed by atoms with Gasteiger partial charge in [-0.15, -0.1) is 0 Å². The summed E-state index contributed by atoms with van der Waals surface area (Å²) in [6.45, 7) is 3.64. The van der Waals surface area contributed by atoms with Crippen molar-refractivity contribution in [1.82, 2.24) is 10.0 Å². The van der Waals surface area contributed by atoms with Crippen molar-refractivity contribution in [1.29, 1.82) is 0 Å². The number of rotatable bonds is 9. The van der Waals surface area contributed by atoms with Crippen molar-refractivity contribution < 1.29 is 28.2 Å². The van der Waals surface area contributed by atoms with Gasteiger partial charge < -0.3 is 15.5 Å². The molecular weight excluding hydrogens is 288 g/mol. The lowest BCUT2D eigenvalue weighted by molar-refractivity contribution is -0.147. The summed E-state index contributed by atoms with van der Waals surface area (Å²) in [4.78, 5) is 22.2. The number of hydrogen-bond acceptors (Lipinski definition) is 5. The standard InChI is InChI=1S/C11H22N2O6S/c1-7(2)6-8(13-20(3,18)19)10(15)12-5-4-9(14)11(16)17/h7-9,13-14H,4-6H2,1-3H3,(H,12,15)(H,16,17)/t8?,9-/m0/s1. The molecule has 8 nitrogen and oxygen atoms in total. The number of aliphatic hydroxyl groups excluding tert-OH is 1. The van der Waals surface area contributed by atoms with Gasteiger partial charge in [0.15, 0.2) is 6.10 Å². The molecule has 0 bridgehead atoms. The molecule has 0 aliphatic heterocycles. The van der Waals surface area contributed by atoms with Crippen molar-refractivity contribution in [3.8, 4) is 0 Å². The molecule has 1 amide bonds. The van der Waals surface area contributed by atoms with Crippen LogP contribution in [-0.4, -0.2) is 55.5 Å². The number of aliphatic hydroxyl groups is 1. The van der Waals surface area contributed by atoms with Crippen LogP contribution in [0.3, 0.4) is 0 Å². The van der Waals surface area contributed by atoms with Crippen LogP contribution in [0, 0.1) is 5.92 Å². The highest BCUT2D eigenvalue weighted by atomic mass is 32.2. The van der Waals surface area contributed by atoms with Crippen LogP contribution in [0.15, 0.2) is 0 Å². The third kappa shape index (κ3) is 8.83. The van der Waals surface area contributed by atoms with E-state index >= 15 is 0 Å². The van der Waals surface area contributed by atoms with E-state index in [0.29, 0.717) is 6.42 Å². The molecule has 0 aliphatic rings. The Labute approximate surface area is 118 Å². The smallest absolute Gasteiger partial charge is 0.332 e. The molecule has 0 aromatic rings. The van der Waals surface area contributed by atoms with Crippen LogP contribution < -0.4 is 10.0 Å². The SMILES string of the molecule is CC(C)CC(NS(C)(=O)=O)C(=O)NCC[C@H](O)C(=O)O. The van der Waals surface area contributed by atoms with Crippen molar-refractivity contribution in [3.63, 3.8) is 0 Å². The second-order valence-corrected chi connectivity index (χ2v) is 6.79. The number of sulfonamides is 1. The van der Waals surface area contributed by atoms with E-state index in [-0.39, 0.29) is 18.9 Å². The van der Waals surface area contributed by atoms with Gasteiger partial charge in [0, 0.05) is 13.0 Å². The van der Waals surface area contributed by atoms with Crippen molar-refractivity contribution in [2.75, 3.05) is 12.8 Å². The number of amides is 1. The molecule has 0 spiro atoms. The molecule has 0 saturated carbocycles. The van der Waals surface area contributed by atoms with Crippen LogP contribution in [0.25, 0.3) is 0 Å². The van der Waals surface area contributed by atoms with E-state index in [2.05, 4.69) is 10.0 Å². The number of carbonyl (C=O) groups is 2. The predicted octanol–water partition coefficient (Wildman–Crippen LogP) is -1.10. The number of aliphatic carboxylic acids is 1. The molecule has 20 heavy (non-hydrogen) atoms. The Balaban J connectivity index is 4.45. The average Bonchev–Trinajstić information content (AvgIpc) is 2.24. The minimum Gasteiger partial charge on any atom is -0.479 e. The van der Waals surface area contributed by atoms with E-state index in [1.807, 2.05) is 13.8 Å². The first-order valence-electron chi connectivity index (χ1n) is 6.18. The maximum absolute atomic E-state index is 11.8. The molecule has 0 radical (unpaired) electrons. The second-order valence-electron chi connectivity index (χ2n) is 5.01. The fraction of sp³-hybridized carbons (Fsp3) is 0.818. The van der Waals surface area contributed by atoms with Gasteiger partial charge in [0.25, 0.3) is 0 Å². The maximum Gasteiger partial charge on any atom is 0.332 e. The molecule has 118 valence electrons. The summed E-state index contributed by atoms with van der Waals surface area (Å²) in [5, 5.41) is 19.9. The second kappa shape index (κ2) is 8.18. The van der Waals surface area contributed by atoms with Crippen LogP contribution in [0.2, 0.25) is 0 Å². The fourth-order valence-electron chi connectivity index (χ4n) is 1.52. The van der Waals surface area contributed by atoms with Crippen molar-refractivity contribution in [3.05, 3.63) is 0 Å². The van der Waals surface area contributed by atoms with Crippen LogP contribution >= 0.6 is 0 Å². The van der Waals surface area contributed by atoms with Gasteiger partial charge in [-0.2, -0.15) is 0 Å². The van der Waals surface area contributed by atoms with Crippen molar-refractivity contribution in [2.24, 2.45) is 5.92 Å². The highest BCUT2D eigenvalue weighted by molar-refractivity contribution is 7.88. The summed E-state index contributed by atoms with van der Waals surface area (Å²) >= 11 is 0. The van der Waals surface area contributed by atoms with Crippen LogP contribution in [0.5, 0.6) is 0 Å². The van der Waals surface area contributed by atoms with Crippen molar-refractivity contribution in [2.45, 2.75) is 38.8 Å². The Morgan fingerprint density at radius 1 is 1.25 bits per heavy atom. The molecule has 0 aliphatic carbocycles. The van der Waals surface area contributed by atoms with Gasteiger partial charge in [-0.25, -0.2) is 17.9 Å². The van der Waals surface area contributed by atoms with Gasteiger partial charge in [0.2, 0.25) is 15.9 Å². The first kappa shape index (κ1) is 18.8. The maximum atomic E-state index is 11.8. The predicted molar refractivity (Wildman–Crippen MR) is 72.5 cm³/mol. The topological polar surface area (TPSA) is 133 Å². The first-order chi connectivity index (χ1) is 9.03. The Morgan fingerprint density at radius 3 is 2.20 bits per heavy atom. The Kier molecular flexibility index (Phi) is 7.69. The summed E-state index contributed by atoms with van der Waals surface area (Å²) in [5.74, 6) is -1.81. The quantitative estimate of drug-likeness (QED) is 0.427. The van der Waals surface area contributed by atoms with Gasteiger partial charge in [-0.3, -0.25) is 4.79 Å². The van der Waals surface area contributed by atoms with Crippen molar-refractivity contribution >= 4 is 21.9 Å². The summed E-state index contributed by atoms with van der Waals surface area (Å²) < 4.78 is 24.6. The number of carbonyl (C=O) groups excluding carboxylic acids is 1. The monoisotopic (exact) mass is 310 g/mol. The van der Waals surface area contributed by atoms with E-state index < -0.39 is 34.0 Å². The number of hydrogen-bond donors (Lipinski definition) is 4. The molecule has 0 fully saturated rings. The third-order valence-electron chi connectivity index (χ3n) is 2.38. The summed E-state index contributed by atoms with van der Waals surface area (Å²) in [6, 6.07) is -0.910. The molecular formula is C11H22N2O6S. The minimum atomic E-state index is -3.52. The third-order valence-corrected chi connectivity index (χ3v) is 3.09. The largest absolute Gasteiger partial charge is 0.479 e. The lowest BCUT2D eigenvalue weighted by Gasteiger charge is -2.19. The summed E-state index contributed by atoms with van der Waals surface area (Å²) in [6.07, 6.45) is -0.419. The van der Waals surface area contributed by atoms with Gasteiger partial charge >= 0.3 is 5.97 Å². The molecule has 0 rings (SSSR count). The highest BCUT2D eigenvalue weighted by Crippen LogP contribution is 2.06. The Hall–Kier alpha value is -1.19. The van der Waals surface area contributed by atoms with Crippen LogP contribution in [0.1, 0.15) is 26.7 Å².